The van der Waals surface area contributed by atoms with Crippen molar-refractivity contribution < 1.29 is 22.8 Å². The fourth-order valence-electron chi connectivity index (χ4n) is 1.97. The summed E-state index contributed by atoms with van der Waals surface area (Å²) in [6.45, 7) is 2.79. The fourth-order valence-corrected chi connectivity index (χ4v) is 3.03. The summed E-state index contributed by atoms with van der Waals surface area (Å²) < 4.78 is 39.7. The molecular formula is C18H17FN2O4S. The van der Waals surface area contributed by atoms with Gasteiger partial charge >= 0.3 is 0 Å². The molecular weight excluding hydrogens is 359 g/mol. The van der Waals surface area contributed by atoms with E-state index in [1.165, 1.54) is 31.2 Å². The SMILES string of the molecule is CC(=O)N(O)C(C)C#Cc1ccc(NS(=O)(=O)c2ccc(F)cc2)cc1. The number of anilines is 1. The molecule has 0 heterocycles. The van der Waals surface area contributed by atoms with Crippen LogP contribution in [-0.2, 0) is 14.8 Å². The van der Waals surface area contributed by atoms with Crippen LogP contribution in [0.1, 0.15) is 19.4 Å². The van der Waals surface area contributed by atoms with E-state index < -0.39 is 27.8 Å². The molecule has 1 atom stereocenters. The maximum atomic E-state index is 12.9. The first-order valence-corrected chi connectivity index (χ1v) is 9.06. The molecule has 2 N–H and O–H groups in total. The Morgan fingerprint density at radius 3 is 2.27 bits per heavy atom. The van der Waals surface area contributed by atoms with Crippen molar-refractivity contribution in [1.82, 2.24) is 5.06 Å². The van der Waals surface area contributed by atoms with E-state index in [9.17, 15) is 22.8 Å². The molecule has 2 rings (SSSR count). The van der Waals surface area contributed by atoms with Crippen LogP contribution < -0.4 is 4.72 Å². The minimum absolute atomic E-state index is 0.0520. The van der Waals surface area contributed by atoms with Crippen molar-refractivity contribution in [3.63, 3.8) is 0 Å². The summed E-state index contributed by atoms with van der Waals surface area (Å²) in [5, 5.41) is 9.98. The number of rotatable bonds is 4. The van der Waals surface area contributed by atoms with E-state index in [1.54, 1.807) is 19.1 Å². The molecule has 0 saturated carbocycles. The van der Waals surface area contributed by atoms with Crippen molar-refractivity contribution in [2.45, 2.75) is 24.8 Å². The summed E-state index contributed by atoms with van der Waals surface area (Å²) >= 11 is 0. The molecule has 6 nitrogen and oxygen atoms in total. The highest BCUT2D eigenvalue weighted by atomic mass is 32.2. The average Bonchev–Trinajstić information content (AvgIpc) is 2.60. The van der Waals surface area contributed by atoms with E-state index >= 15 is 0 Å². The van der Waals surface area contributed by atoms with Gasteiger partial charge in [-0.3, -0.25) is 14.7 Å². The van der Waals surface area contributed by atoms with Crippen LogP contribution in [-0.4, -0.2) is 30.6 Å². The maximum absolute atomic E-state index is 12.9. The summed E-state index contributed by atoms with van der Waals surface area (Å²) in [7, 11) is -3.82. The zero-order chi connectivity index (χ0) is 19.3. The number of carbonyl (C=O) groups is 1. The van der Waals surface area contributed by atoms with E-state index in [1.807, 2.05) is 0 Å². The minimum Gasteiger partial charge on any atom is -0.285 e. The smallest absolute Gasteiger partial charge is 0.261 e. The van der Waals surface area contributed by atoms with Crippen LogP contribution >= 0.6 is 0 Å². The fraction of sp³-hybridized carbons (Fsp3) is 0.167. The Hall–Kier alpha value is -2.89. The number of nitrogens with zero attached hydrogens (tertiary/aromatic N) is 1. The Morgan fingerprint density at radius 1 is 1.15 bits per heavy atom. The van der Waals surface area contributed by atoms with Crippen LogP contribution in [0.4, 0.5) is 10.1 Å². The lowest BCUT2D eigenvalue weighted by Gasteiger charge is -2.15. The third-order valence-electron chi connectivity index (χ3n) is 3.38. The van der Waals surface area contributed by atoms with Gasteiger partial charge in [0.05, 0.1) is 4.90 Å². The second-order valence-electron chi connectivity index (χ2n) is 5.45. The number of benzene rings is 2. The van der Waals surface area contributed by atoms with E-state index in [2.05, 4.69) is 16.6 Å². The molecule has 0 spiro atoms. The van der Waals surface area contributed by atoms with Gasteiger partial charge in [-0.2, -0.15) is 0 Å². The molecule has 1 amide bonds. The van der Waals surface area contributed by atoms with Crippen molar-refractivity contribution in [2.75, 3.05) is 4.72 Å². The first-order chi connectivity index (χ1) is 12.2. The summed E-state index contributed by atoms with van der Waals surface area (Å²) in [6, 6.07) is 10.1. The maximum Gasteiger partial charge on any atom is 0.261 e. The molecule has 0 saturated heterocycles. The summed E-state index contributed by atoms with van der Waals surface area (Å²) in [5.74, 6) is 4.46. The van der Waals surface area contributed by atoms with E-state index in [4.69, 9.17) is 0 Å². The van der Waals surface area contributed by atoms with Crippen LogP contribution in [0.3, 0.4) is 0 Å². The standard InChI is InChI=1S/C18H17FN2O4S/c1-13(21(23)14(2)22)3-4-15-5-9-17(10-6-15)20-26(24,25)18-11-7-16(19)8-12-18/h5-13,20,23H,1-2H3. The predicted molar refractivity (Wildman–Crippen MR) is 94.3 cm³/mol. The third-order valence-corrected chi connectivity index (χ3v) is 4.77. The number of sulfonamides is 1. The van der Waals surface area contributed by atoms with Gasteiger partial charge in [0.1, 0.15) is 11.9 Å². The summed E-state index contributed by atoms with van der Waals surface area (Å²) in [4.78, 5) is 11.0. The number of hydrogen-bond donors (Lipinski definition) is 2. The van der Waals surface area contributed by atoms with Gasteiger partial charge in [0.25, 0.3) is 10.0 Å². The van der Waals surface area contributed by atoms with Gasteiger partial charge in [-0.25, -0.2) is 17.9 Å². The van der Waals surface area contributed by atoms with Gasteiger partial charge in [0.15, 0.2) is 0 Å². The monoisotopic (exact) mass is 376 g/mol. The molecule has 0 aliphatic carbocycles. The molecule has 136 valence electrons. The number of hydroxylamine groups is 2. The highest BCUT2D eigenvalue weighted by Gasteiger charge is 2.14. The third kappa shape index (κ3) is 5.05. The summed E-state index contributed by atoms with van der Waals surface area (Å²) in [6.07, 6.45) is 0. The first kappa shape index (κ1) is 19.4. The van der Waals surface area contributed by atoms with E-state index in [0.717, 1.165) is 12.1 Å². The second-order valence-corrected chi connectivity index (χ2v) is 7.13. The highest BCUT2D eigenvalue weighted by Crippen LogP contribution is 2.17. The van der Waals surface area contributed by atoms with Crippen LogP contribution in [0, 0.1) is 17.7 Å². The zero-order valence-electron chi connectivity index (χ0n) is 14.1. The second kappa shape index (κ2) is 7.99. The van der Waals surface area contributed by atoms with Crippen molar-refractivity contribution in [3.05, 3.63) is 59.9 Å². The lowest BCUT2D eigenvalue weighted by Crippen LogP contribution is -2.32. The number of halogens is 1. The lowest BCUT2D eigenvalue weighted by atomic mass is 10.2. The molecule has 8 heteroatoms. The van der Waals surface area contributed by atoms with Gasteiger partial charge in [-0.1, -0.05) is 11.8 Å². The van der Waals surface area contributed by atoms with Gasteiger partial charge in [-0.15, -0.1) is 0 Å². The number of amides is 1. The van der Waals surface area contributed by atoms with Crippen LogP contribution in [0.2, 0.25) is 0 Å². The molecule has 0 aliphatic heterocycles. The van der Waals surface area contributed by atoms with Gasteiger partial charge in [-0.05, 0) is 55.5 Å². The normalized spacial score (nSPS) is 11.8. The van der Waals surface area contributed by atoms with Crippen molar-refractivity contribution in [1.29, 1.82) is 0 Å². The molecule has 26 heavy (non-hydrogen) atoms. The van der Waals surface area contributed by atoms with Crippen molar-refractivity contribution in [3.8, 4) is 11.8 Å². The van der Waals surface area contributed by atoms with Crippen molar-refractivity contribution in [2.24, 2.45) is 0 Å². The molecule has 0 aliphatic rings. The lowest BCUT2D eigenvalue weighted by molar-refractivity contribution is -0.166. The Bertz CT molecular complexity index is 945. The zero-order valence-corrected chi connectivity index (χ0v) is 14.9. The van der Waals surface area contributed by atoms with Crippen LogP contribution in [0.25, 0.3) is 0 Å². The topological polar surface area (TPSA) is 86.7 Å². The molecule has 0 fully saturated rings. The Labute approximate surface area is 151 Å². The van der Waals surface area contributed by atoms with Gasteiger partial charge in [0.2, 0.25) is 5.91 Å². The van der Waals surface area contributed by atoms with Gasteiger partial charge in [0, 0.05) is 18.2 Å². The predicted octanol–water partition coefficient (Wildman–Crippen LogP) is 2.60. The largest absolute Gasteiger partial charge is 0.285 e. The average molecular weight is 376 g/mol. The van der Waals surface area contributed by atoms with Crippen LogP contribution in [0.15, 0.2) is 53.4 Å². The Morgan fingerprint density at radius 2 is 1.73 bits per heavy atom. The number of hydrogen-bond acceptors (Lipinski definition) is 4. The Kier molecular flexibility index (Phi) is 5.97. The van der Waals surface area contributed by atoms with Crippen LogP contribution in [0.5, 0.6) is 0 Å². The Balaban J connectivity index is 2.10. The molecule has 0 aromatic heterocycles. The molecule has 2 aromatic rings. The van der Waals surface area contributed by atoms with E-state index in [0.29, 0.717) is 16.3 Å². The molecule has 0 radical (unpaired) electrons. The highest BCUT2D eigenvalue weighted by molar-refractivity contribution is 7.92. The van der Waals surface area contributed by atoms with Gasteiger partial charge < -0.3 is 0 Å². The molecule has 1 unspecified atom stereocenters. The molecule has 2 aromatic carbocycles. The first-order valence-electron chi connectivity index (χ1n) is 7.58. The summed E-state index contributed by atoms with van der Waals surface area (Å²) in [5.41, 5.74) is 0.902. The number of carbonyl (C=O) groups excluding carboxylic acids is 1. The molecule has 0 bridgehead atoms. The van der Waals surface area contributed by atoms with E-state index in [-0.39, 0.29) is 4.90 Å². The number of nitrogens with one attached hydrogen (secondary N) is 1. The minimum atomic E-state index is -3.82. The quantitative estimate of drug-likeness (QED) is 0.488. The van der Waals surface area contributed by atoms with Crippen molar-refractivity contribution >= 4 is 21.6 Å².